The number of rotatable bonds is 7. The third kappa shape index (κ3) is 5.66. The lowest BCUT2D eigenvalue weighted by Crippen LogP contribution is -2.46. The molecule has 0 aromatic heterocycles. The van der Waals surface area contributed by atoms with E-state index in [2.05, 4.69) is 4.72 Å². The molecule has 1 aromatic rings. The van der Waals surface area contributed by atoms with Crippen LogP contribution in [0.1, 0.15) is 33.1 Å². The number of hydrogen-bond donors (Lipinski definition) is 2. The van der Waals surface area contributed by atoms with E-state index < -0.39 is 51.2 Å². The molecule has 0 saturated carbocycles. The maximum absolute atomic E-state index is 13.0. The highest BCUT2D eigenvalue weighted by Crippen LogP contribution is 2.20. The molecule has 1 aliphatic heterocycles. The summed E-state index contributed by atoms with van der Waals surface area (Å²) >= 11 is 0. The van der Waals surface area contributed by atoms with E-state index in [0.717, 1.165) is 24.3 Å². The minimum absolute atomic E-state index is 0.175. The zero-order chi connectivity index (χ0) is 20.9. The molecule has 0 aliphatic carbocycles. The molecular weight excluding hydrogens is 391 g/mol. The van der Waals surface area contributed by atoms with Gasteiger partial charge >= 0.3 is 5.91 Å². The molecule has 1 aliphatic rings. The molecular formula is C18H23FN2O6S. The van der Waals surface area contributed by atoms with Gasteiger partial charge in [-0.25, -0.2) is 23.0 Å². The molecule has 1 heterocycles. The molecule has 2 atom stereocenters. The van der Waals surface area contributed by atoms with Gasteiger partial charge in [0, 0.05) is 12.3 Å². The third-order valence-corrected chi connectivity index (χ3v) is 5.88. The Bertz CT molecular complexity index is 838. The maximum Gasteiger partial charge on any atom is 0.311 e. The summed E-state index contributed by atoms with van der Waals surface area (Å²) in [6.45, 7) is 3.54. The molecule has 154 valence electrons. The number of carbonyl (C=O) groups is 3. The van der Waals surface area contributed by atoms with Crippen molar-refractivity contribution in [1.82, 2.24) is 10.2 Å². The van der Waals surface area contributed by atoms with E-state index in [1.807, 2.05) is 5.48 Å². The highest BCUT2D eigenvalue weighted by Gasteiger charge is 2.34. The first kappa shape index (κ1) is 22.1. The van der Waals surface area contributed by atoms with Gasteiger partial charge in [-0.1, -0.05) is 13.8 Å². The lowest BCUT2D eigenvalue weighted by Gasteiger charge is -2.24. The number of nitrogens with one attached hydrogen (secondary N) is 2. The van der Waals surface area contributed by atoms with Crippen LogP contribution in [0.5, 0.6) is 0 Å². The number of hydrogen-bond acceptors (Lipinski definition) is 6. The second-order valence-electron chi connectivity index (χ2n) is 6.95. The Kier molecular flexibility index (Phi) is 7.39. The van der Waals surface area contributed by atoms with Crippen LogP contribution < -0.4 is 10.2 Å². The Balaban J connectivity index is 2.16. The summed E-state index contributed by atoms with van der Waals surface area (Å²) in [5, 5.41) is 0. The van der Waals surface area contributed by atoms with Crippen LogP contribution in [0.15, 0.2) is 29.2 Å². The van der Waals surface area contributed by atoms with E-state index in [0.29, 0.717) is 6.42 Å². The summed E-state index contributed by atoms with van der Waals surface area (Å²) in [4.78, 5) is 41.2. The molecule has 0 spiro atoms. The Morgan fingerprint density at radius 2 is 1.93 bits per heavy atom. The standard InChI is InChI=1S/C18H23FN2O6S/c1-11(2)16(21-28(25,26)14-7-5-13(19)6-8-14)15(22)10-12-4-3-9-27-20-18(24)17(12)23/h5-8,11-12,16,21H,3-4,9-10H2,1-2H3,(H,20,24). The topological polar surface area (TPSA) is 119 Å². The summed E-state index contributed by atoms with van der Waals surface area (Å²) in [5.41, 5.74) is 2.01. The molecule has 8 nitrogen and oxygen atoms in total. The first-order valence-corrected chi connectivity index (χ1v) is 10.4. The number of halogens is 1. The summed E-state index contributed by atoms with van der Waals surface area (Å²) in [7, 11) is -4.07. The number of ketones is 2. The molecule has 2 unspecified atom stereocenters. The van der Waals surface area contributed by atoms with E-state index in [1.54, 1.807) is 13.8 Å². The fraction of sp³-hybridized carbons (Fsp3) is 0.500. The monoisotopic (exact) mass is 414 g/mol. The summed E-state index contributed by atoms with van der Waals surface area (Å²) in [6, 6.07) is 3.13. The van der Waals surface area contributed by atoms with Gasteiger partial charge in [0.25, 0.3) is 0 Å². The van der Waals surface area contributed by atoms with Gasteiger partial charge in [0.1, 0.15) is 5.82 Å². The van der Waals surface area contributed by atoms with Crippen molar-refractivity contribution in [3.63, 3.8) is 0 Å². The van der Waals surface area contributed by atoms with Gasteiger partial charge in [-0.3, -0.25) is 19.2 Å². The Morgan fingerprint density at radius 1 is 1.29 bits per heavy atom. The molecule has 1 saturated heterocycles. The zero-order valence-electron chi connectivity index (χ0n) is 15.6. The summed E-state index contributed by atoms with van der Waals surface area (Å²) in [5.74, 6) is -4.01. The molecule has 1 amide bonds. The van der Waals surface area contributed by atoms with Crippen molar-refractivity contribution in [3.05, 3.63) is 30.1 Å². The fourth-order valence-corrected chi connectivity index (χ4v) is 4.24. The molecule has 10 heteroatoms. The van der Waals surface area contributed by atoms with Crippen molar-refractivity contribution in [2.45, 2.75) is 44.0 Å². The van der Waals surface area contributed by atoms with Crippen molar-refractivity contribution < 1.29 is 32.0 Å². The summed E-state index contributed by atoms with van der Waals surface area (Å²) in [6.07, 6.45) is 0.492. The van der Waals surface area contributed by atoms with Crippen LogP contribution in [-0.4, -0.2) is 38.5 Å². The van der Waals surface area contributed by atoms with Crippen molar-refractivity contribution in [2.75, 3.05) is 6.61 Å². The van der Waals surface area contributed by atoms with E-state index in [4.69, 9.17) is 4.84 Å². The number of carbonyl (C=O) groups excluding carboxylic acids is 3. The van der Waals surface area contributed by atoms with Crippen LogP contribution in [0.2, 0.25) is 0 Å². The molecule has 1 aromatic carbocycles. The smallest absolute Gasteiger partial charge is 0.298 e. The normalized spacial score (nSPS) is 19.6. The molecule has 1 fully saturated rings. The van der Waals surface area contributed by atoms with Gasteiger partial charge in [0.2, 0.25) is 15.8 Å². The largest absolute Gasteiger partial charge is 0.311 e. The number of hydroxylamine groups is 1. The average molecular weight is 414 g/mol. The van der Waals surface area contributed by atoms with E-state index in [9.17, 15) is 27.2 Å². The van der Waals surface area contributed by atoms with Crippen molar-refractivity contribution in [1.29, 1.82) is 0 Å². The van der Waals surface area contributed by atoms with Gasteiger partial charge in [0.15, 0.2) is 5.78 Å². The predicted molar refractivity (Wildman–Crippen MR) is 96.8 cm³/mol. The van der Waals surface area contributed by atoms with E-state index in [1.165, 1.54) is 0 Å². The molecule has 0 bridgehead atoms. The zero-order valence-corrected chi connectivity index (χ0v) is 16.4. The van der Waals surface area contributed by atoms with Crippen molar-refractivity contribution >= 4 is 27.5 Å². The Morgan fingerprint density at radius 3 is 2.54 bits per heavy atom. The third-order valence-electron chi connectivity index (χ3n) is 4.43. The van der Waals surface area contributed by atoms with Gasteiger partial charge in [-0.2, -0.15) is 0 Å². The number of sulfonamides is 1. The second kappa shape index (κ2) is 9.35. The lowest BCUT2D eigenvalue weighted by molar-refractivity contribution is -0.150. The van der Waals surface area contributed by atoms with Crippen LogP contribution in [0.3, 0.4) is 0 Å². The van der Waals surface area contributed by atoms with Crippen molar-refractivity contribution in [2.24, 2.45) is 11.8 Å². The van der Waals surface area contributed by atoms with Crippen LogP contribution in [0, 0.1) is 17.7 Å². The highest BCUT2D eigenvalue weighted by molar-refractivity contribution is 7.89. The fourth-order valence-electron chi connectivity index (χ4n) is 2.87. The first-order valence-electron chi connectivity index (χ1n) is 8.88. The maximum atomic E-state index is 13.0. The second-order valence-corrected chi connectivity index (χ2v) is 8.66. The minimum atomic E-state index is -4.07. The van der Waals surface area contributed by atoms with Crippen LogP contribution >= 0.6 is 0 Å². The Hall–Kier alpha value is -2.17. The highest BCUT2D eigenvalue weighted by atomic mass is 32.2. The summed E-state index contributed by atoms with van der Waals surface area (Å²) < 4.78 is 40.5. The number of amides is 1. The predicted octanol–water partition coefficient (Wildman–Crippen LogP) is 1.11. The van der Waals surface area contributed by atoms with Gasteiger partial charge in [0.05, 0.1) is 17.5 Å². The van der Waals surface area contributed by atoms with E-state index >= 15 is 0 Å². The quantitative estimate of drug-likeness (QED) is 0.646. The molecule has 28 heavy (non-hydrogen) atoms. The Labute approximate surface area is 162 Å². The van der Waals surface area contributed by atoms with Gasteiger partial charge in [-0.05, 0) is 43.0 Å². The van der Waals surface area contributed by atoms with Gasteiger partial charge < -0.3 is 0 Å². The van der Waals surface area contributed by atoms with Crippen LogP contribution in [0.4, 0.5) is 4.39 Å². The SMILES string of the molecule is CC(C)C(NS(=O)(=O)c1ccc(F)cc1)C(=O)CC1CCCONC(=O)C1=O. The molecule has 0 radical (unpaired) electrons. The average Bonchev–Trinajstić information content (AvgIpc) is 2.63. The molecule has 2 rings (SSSR count). The number of Topliss-reactive ketones (excluding diaryl/α,β-unsaturated/α-hetero) is 2. The lowest BCUT2D eigenvalue weighted by atomic mass is 9.88. The first-order chi connectivity index (χ1) is 13.1. The van der Waals surface area contributed by atoms with Gasteiger partial charge in [-0.15, -0.1) is 0 Å². The number of benzene rings is 1. The van der Waals surface area contributed by atoms with Crippen LogP contribution in [-0.2, 0) is 29.2 Å². The van der Waals surface area contributed by atoms with Crippen molar-refractivity contribution in [3.8, 4) is 0 Å². The van der Waals surface area contributed by atoms with E-state index in [-0.39, 0.29) is 24.3 Å². The van der Waals surface area contributed by atoms with Crippen LogP contribution in [0.25, 0.3) is 0 Å². The molecule has 2 N–H and O–H groups in total. The minimum Gasteiger partial charge on any atom is -0.298 e.